The molecule has 2 N–H and O–H groups in total. The Balaban J connectivity index is 2.32. The quantitative estimate of drug-likeness (QED) is 0.664. The minimum absolute atomic E-state index is 0.0197. The Labute approximate surface area is 156 Å². The van der Waals surface area contributed by atoms with Crippen molar-refractivity contribution in [1.29, 1.82) is 5.26 Å². The van der Waals surface area contributed by atoms with E-state index < -0.39 is 21.8 Å². The van der Waals surface area contributed by atoms with Gasteiger partial charge in [-0.25, -0.2) is 13.1 Å². The van der Waals surface area contributed by atoms with Crippen molar-refractivity contribution >= 4 is 26.7 Å². The number of fused-ring (bicyclic) bond motifs is 1. The van der Waals surface area contributed by atoms with Crippen molar-refractivity contribution in [2.75, 3.05) is 24.2 Å². The maximum atomic E-state index is 13.0. The van der Waals surface area contributed by atoms with Crippen LogP contribution < -0.4 is 10.0 Å². The first-order valence-electron chi connectivity index (χ1n) is 8.49. The summed E-state index contributed by atoms with van der Waals surface area (Å²) in [5.41, 5.74) is -0.250. The van der Waals surface area contributed by atoms with Crippen LogP contribution in [0.2, 0.25) is 0 Å². The van der Waals surface area contributed by atoms with Gasteiger partial charge in [-0.3, -0.25) is 0 Å². The summed E-state index contributed by atoms with van der Waals surface area (Å²) in [7, 11) is -3.35. The Kier molecular flexibility index (Phi) is 6.38. The zero-order valence-electron chi connectivity index (χ0n) is 15.0. The maximum absolute atomic E-state index is 13.0. The number of aromatic nitrogens is 1. The largest absolute Gasteiger partial charge is 0.416 e. The normalized spacial score (nSPS) is 12.3. The summed E-state index contributed by atoms with van der Waals surface area (Å²) in [6, 6.07) is 5.29. The van der Waals surface area contributed by atoms with E-state index >= 15 is 0 Å². The van der Waals surface area contributed by atoms with Gasteiger partial charge in [-0.15, -0.1) is 0 Å². The van der Waals surface area contributed by atoms with Crippen molar-refractivity contribution in [1.82, 2.24) is 9.29 Å². The number of hydrogen-bond donors (Lipinski definition) is 2. The molecule has 0 bridgehead atoms. The van der Waals surface area contributed by atoms with Gasteiger partial charge in [0.05, 0.1) is 16.8 Å². The Bertz CT molecular complexity index is 959. The number of alkyl halides is 3. The summed E-state index contributed by atoms with van der Waals surface area (Å²) in [6.45, 7) is 4.16. The molecule has 1 aromatic carbocycles. The van der Waals surface area contributed by atoms with E-state index in [0.717, 1.165) is 12.1 Å². The molecule has 0 unspecified atom stereocenters. The number of halogens is 3. The highest BCUT2D eigenvalue weighted by Gasteiger charge is 2.31. The minimum atomic E-state index is -4.48. The highest BCUT2D eigenvalue weighted by atomic mass is 32.2. The Morgan fingerprint density at radius 3 is 2.48 bits per heavy atom. The van der Waals surface area contributed by atoms with Crippen LogP contribution in [0.15, 0.2) is 18.2 Å². The Morgan fingerprint density at radius 2 is 1.93 bits per heavy atom. The summed E-state index contributed by atoms with van der Waals surface area (Å²) < 4.78 is 66.4. The van der Waals surface area contributed by atoms with Gasteiger partial charge in [-0.2, -0.15) is 18.4 Å². The highest BCUT2D eigenvalue weighted by molar-refractivity contribution is 7.89. The number of anilines is 1. The smallest absolute Gasteiger partial charge is 0.369 e. The summed E-state index contributed by atoms with van der Waals surface area (Å²) in [6.07, 6.45) is -3.98. The lowest BCUT2D eigenvalue weighted by molar-refractivity contribution is -0.137. The number of sulfonamides is 1. The highest BCUT2D eigenvalue weighted by Crippen LogP contribution is 2.35. The summed E-state index contributed by atoms with van der Waals surface area (Å²) >= 11 is 0. The molecule has 1 aromatic heterocycles. The maximum Gasteiger partial charge on any atom is 0.416 e. The number of nitrogens with one attached hydrogen (secondary N) is 2. The van der Waals surface area contributed by atoms with Gasteiger partial charge < -0.3 is 9.88 Å². The monoisotopic (exact) mass is 402 g/mol. The number of benzene rings is 1. The predicted octanol–water partition coefficient (Wildman–Crippen LogP) is 3.29. The number of rotatable bonds is 8. The van der Waals surface area contributed by atoms with E-state index in [1.165, 1.54) is 6.07 Å². The fourth-order valence-corrected chi connectivity index (χ4v) is 3.97. The fourth-order valence-electron chi connectivity index (χ4n) is 2.88. The molecule has 0 amide bonds. The van der Waals surface area contributed by atoms with Crippen LogP contribution in [0.25, 0.3) is 10.9 Å². The second-order valence-electron chi connectivity index (χ2n) is 5.95. The van der Waals surface area contributed by atoms with E-state index in [-0.39, 0.29) is 24.4 Å². The van der Waals surface area contributed by atoms with Crippen LogP contribution in [0, 0.1) is 11.3 Å². The van der Waals surface area contributed by atoms with Crippen molar-refractivity contribution in [3.8, 4) is 6.07 Å². The molecule has 0 aliphatic carbocycles. The standard InChI is InChI=1S/C17H21F3N4O2S/c1-3-9-27(25,26)23-8-7-22-16-14(11-21)13-6-5-12(17(18,19)20)10-15(13)24(16)4-2/h5-6,10,22-23H,3-4,7-9H2,1-2H3. The van der Waals surface area contributed by atoms with Crippen LogP contribution in [-0.2, 0) is 22.7 Å². The first-order chi connectivity index (χ1) is 12.6. The molecule has 1 heterocycles. The molecule has 0 saturated heterocycles. The van der Waals surface area contributed by atoms with Gasteiger partial charge in [0.15, 0.2) is 0 Å². The van der Waals surface area contributed by atoms with E-state index in [0.29, 0.717) is 29.7 Å². The number of nitriles is 1. The molecule has 2 aromatic rings. The topological polar surface area (TPSA) is 86.9 Å². The lowest BCUT2D eigenvalue weighted by Crippen LogP contribution is -2.31. The fraction of sp³-hybridized carbons (Fsp3) is 0.471. The van der Waals surface area contributed by atoms with Gasteiger partial charge in [-0.1, -0.05) is 13.0 Å². The van der Waals surface area contributed by atoms with Crippen molar-refractivity contribution in [2.24, 2.45) is 0 Å². The van der Waals surface area contributed by atoms with Crippen LogP contribution in [0.5, 0.6) is 0 Å². The van der Waals surface area contributed by atoms with Crippen LogP contribution in [0.4, 0.5) is 19.0 Å². The van der Waals surface area contributed by atoms with Gasteiger partial charge in [-0.05, 0) is 25.5 Å². The number of aryl methyl sites for hydroxylation is 1. The van der Waals surface area contributed by atoms with Crippen LogP contribution in [-0.4, -0.2) is 31.8 Å². The Hall–Kier alpha value is -2.25. The molecule has 27 heavy (non-hydrogen) atoms. The van der Waals surface area contributed by atoms with Crippen LogP contribution in [0.3, 0.4) is 0 Å². The van der Waals surface area contributed by atoms with Crippen molar-refractivity contribution in [3.05, 3.63) is 29.3 Å². The van der Waals surface area contributed by atoms with Gasteiger partial charge >= 0.3 is 6.18 Å². The number of hydrogen-bond acceptors (Lipinski definition) is 4. The molecule has 0 atom stereocenters. The second kappa shape index (κ2) is 8.19. The van der Waals surface area contributed by atoms with Crippen LogP contribution >= 0.6 is 0 Å². The van der Waals surface area contributed by atoms with E-state index in [2.05, 4.69) is 10.0 Å². The molecule has 0 aliphatic rings. The van der Waals surface area contributed by atoms with Gasteiger partial charge in [0.2, 0.25) is 10.0 Å². The predicted molar refractivity (Wildman–Crippen MR) is 97.9 cm³/mol. The zero-order valence-corrected chi connectivity index (χ0v) is 15.8. The zero-order chi connectivity index (χ0) is 20.2. The first-order valence-corrected chi connectivity index (χ1v) is 10.1. The van der Waals surface area contributed by atoms with Crippen LogP contribution in [0.1, 0.15) is 31.4 Å². The third-order valence-corrected chi connectivity index (χ3v) is 5.62. The molecule has 0 spiro atoms. The molecule has 0 aliphatic heterocycles. The SMILES string of the molecule is CCCS(=O)(=O)NCCNc1c(C#N)c2ccc(C(F)(F)F)cc2n1CC. The summed E-state index contributed by atoms with van der Waals surface area (Å²) in [4.78, 5) is 0. The molecule has 6 nitrogen and oxygen atoms in total. The molecule has 148 valence electrons. The molecule has 0 fully saturated rings. The van der Waals surface area contributed by atoms with Crippen molar-refractivity contribution < 1.29 is 21.6 Å². The third-order valence-electron chi connectivity index (χ3n) is 4.03. The van der Waals surface area contributed by atoms with E-state index in [1.54, 1.807) is 18.4 Å². The first kappa shape index (κ1) is 21.1. The average Bonchev–Trinajstić information content (AvgIpc) is 2.89. The molecular formula is C17H21F3N4O2S. The van der Waals surface area contributed by atoms with Gasteiger partial charge in [0.1, 0.15) is 17.5 Å². The molecular weight excluding hydrogens is 381 g/mol. The number of nitrogens with zero attached hydrogens (tertiary/aromatic N) is 2. The minimum Gasteiger partial charge on any atom is -0.369 e. The lowest BCUT2D eigenvalue weighted by Gasteiger charge is -2.12. The van der Waals surface area contributed by atoms with E-state index in [4.69, 9.17) is 0 Å². The second-order valence-corrected chi connectivity index (χ2v) is 7.88. The average molecular weight is 402 g/mol. The van der Waals surface area contributed by atoms with E-state index in [9.17, 15) is 26.9 Å². The van der Waals surface area contributed by atoms with Crippen molar-refractivity contribution in [2.45, 2.75) is 33.0 Å². The van der Waals surface area contributed by atoms with Crippen molar-refractivity contribution in [3.63, 3.8) is 0 Å². The molecule has 2 rings (SSSR count). The summed E-state index contributed by atoms with van der Waals surface area (Å²) in [5.74, 6) is 0.398. The lowest BCUT2D eigenvalue weighted by atomic mass is 10.1. The third kappa shape index (κ3) is 4.73. The van der Waals surface area contributed by atoms with Gasteiger partial charge in [0.25, 0.3) is 0 Å². The van der Waals surface area contributed by atoms with E-state index in [1.807, 2.05) is 6.07 Å². The Morgan fingerprint density at radius 1 is 1.22 bits per heavy atom. The van der Waals surface area contributed by atoms with Gasteiger partial charge in [0, 0.05) is 25.0 Å². The molecule has 0 radical (unpaired) electrons. The molecule has 0 saturated carbocycles. The summed E-state index contributed by atoms with van der Waals surface area (Å²) in [5, 5.41) is 12.9. The molecule has 10 heteroatoms.